The number of carbonyl (C=O) groups excluding carboxylic acids is 2. The van der Waals surface area contributed by atoms with Gasteiger partial charge in [-0.3, -0.25) is 19.7 Å². The molecule has 1 aliphatic heterocycles. The fourth-order valence-corrected chi connectivity index (χ4v) is 1.63. The zero-order chi connectivity index (χ0) is 13.8. The maximum Gasteiger partial charge on any atom is 0.269 e. The highest BCUT2D eigenvalue weighted by Gasteiger charge is 2.16. The zero-order valence-corrected chi connectivity index (χ0v) is 9.88. The van der Waals surface area contributed by atoms with Gasteiger partial charge in [-0.2, -0.15) is 0 Å². The Bertz CT molecular complexity index is 563. The van der Waals surface area contributed by atoms with Crippen molar-refractivity contribution in [1.29, 1.82) is 0 Å². The summed E-state index contributed by atoms with van der Waals surface area (Å²) in [5, 5.41) is 15.9. The van der Waals surface area contributed by atoms with Crippen LogP contribution >= 0.6 is 0 Å². The summed E-state index contributed by atoms with van der Waals surface area (Å²) >= 11 is 0. The van der Waals surface area contributed by atoms with Crippen molar-refractivity contribution in [2.75, 3.05) is 13.1 Å². The van der Waals surface area contributed by atoms with Crippen LogP contribution in [-0.2, 0) is 4.79 Å². The third-order valence-corrected chi connectivity index (χ3v) is 2.61. The summed E-state index contributed by atoms with van der Waals surface area (Å²) in [7, 11) is 0. The molecule has 19 heavy (non-hydrogen) atoms. The lowest BCUT2D eigenvalue weighted by Crippen LogP contribution is -2.43. The van der Waals surface area contributed by atoms with Crippen molar-refractivity contribution in [3.8, 4) is 0 Å². The van der Waals surface area contributed by atoms with Gasteiger partial charge in [0.2, 0.25) is 0 Å². The summed E-state index contributed by atoms with van der Waals surface area (Å²) in [6, 6.07) is 5.22. The molecule has 0 atom stereocenters. The summed E-state index contributed by atoms with van der Waals surface area (Å²) in [5.74, 6) is -0.712. The zero-order valence-electron chi connectivity index (χ0n) is 9.88. The summed E-state index contributed by atoms with van der Waals surface area (Å²) in [6.45, 7) is 1.08. The van der Waals surface area contributed by atoms with Gasteiger partial charge in [-0.15, -0.1) is 0 Å². The summed E-state index contributed by atoms with van der Waals surface area (Å²) in [4.78, 5) is 33.2. The first kappa shape index (κ1) is 12.7. The van der Waals surface area contributed by atoms with Crippen LogP contribution in [0.4, 0.5) is 5.69 Å². The number of piperazine rings is 1. The number of rotatable bonds is 3. The molecule has 7 heteroatoms. The molecule has 2 N–H and O–H groups in total. The van der Waals surface area contributed by atoms with Gasteiger partial charge in [-0.1, -0.05) is 0 Å². The van der Waals surface area contributed by atoms with Gasteiger partial charge in [-0.25, -0.2) is 0 Å². The normalized spacial score (nSPS) is 16.6. The van der Waals surface area contributed by atoms with E-state index in [-0.39, 0.29) is 23.1 Å². The number of allylic oxidation sites excluding steroid dienone is 1. The highest BCUT2D eigenvalue weighted by molar-refractivity contribution is 6.09. The molecule has 1 aliphatic rings. The van der Waals surface area contributed by atoms with Gasteiger partial charge in [-0.05, 0) is 12.1 Å². The predicted octanol–water partition coefficient (Wildman–Crippen LogP) is 0.381. The Hall–Kier alpha value is -2.70. The van der Waals surface area contributed by atoms with Crippen LogP contribution in [0.5, 0.6) is 0 Å². The number of non-ortho nitro benzene ring substituents is 1. The van der Waals surface area contributed by atoms with Crippen molar-refractivity contribution in [3.05, 3.63) is 51.7 Å². The van der Waals surface area contributed by atoms with Crippen LogP contribution in [-0.4, -0.2) is 29.7 Å². The number of benzene rings is 1. The molecular weight excluding hydrogens is 250 g/mol. The van der Waals surface area contributed by atoms with Crippen LogP contribution in [0.2, 0.25) is 0 Å². The quantitative estimate of drug-likeness (QED) is 0.354. The van der Waals surface area contributed by atoms with Gasteiger partial charge in [0.1, 0.15) is 5.70 Å². The molecular formula is C12H11N3O4. The molecule has 0 saturated carbocycles. The first-order chi connectivity index (χ1) is 9.08. The van der Waals surface area contributed by atoms with Gasteiger partial charge in [0, 0.05) is 36.9 Å². The summed E-state index contributed by atoms with van der Waals surface area (Å²) in [5.41, 5.74) is 0.408. The third kappa shape index (κ3) is 2.95. The topological polar surface area (TPSA) is 101 Å². The van der Waals surface area contributed by atoms with Crippen molar-refractivity contribution in [2.24, 2.45) is 0 Å². The van der Waals surface area contributed by atoms with Crippen LogP contribution in [0.25, 0.3) is 0 Å². The molecule has 0 aromatic heterocycles. The van der Waals surface area contributed by atoms with E-state index in [0.717, 1.165) is 0 Å². The van der Waals surface area contributed by atoms with E-state index in [1.807, 2.05) is 0 Å². The molecule has 1 amide bonds. The second-order valence-corrected chi connectivity index (χ2v) is 3.91. The Morgan fingerprint density at radius 3 is 2.42 bits per heavy atom. The van der Waals surface area contributed by atoms with Gasteiger partial charge in [0.05, 0.1) is 4.92 Å². The fourth-order valence-electron chi connectivity index (χ4n) is 1.63. The Labute approximate surface area is 108 Å². The van der Waals surface area contributed by atoms with Crippen molar-refractivity contribution >= 4 is 17.4 Å². The number of hydrogen-bond donors (Lipinski definition) is 2. The molecule has 0 radical (unpaired) electrons. The molecule has 1 saturated heterocycles. The highest BCUT2D eigenvalue weighted by Crippen LogP contribution is 2.13. The van der Waals surface area contributed by atoms with Gasteiger partial charge < -0.3 is 10.6 Å². The van der Waals surface area contributed by atoms with Crippen molar-refractivity contribution in [1.82, 2.24) is 10.6 Å². The average Bonchev–Trinajstić information content (AvgIpc) is 2.41. The third-order valence-electron chi connectivity index (χ3n) is 2.61. The smallest absolute Gasteiger partial charge is 0.269 e. The maximum atomic E-state index is 11.9. The van der Waals surface area contributed by atoms with Crippen molar-refractivity contribution in [3.63, 3.8) is 0 Å². The fraction of sp³-hybridized carbons (Fsp3) is 0.167. The molecule has 0 spiro atoms. The minimum Gasteiger partial charge on any atom is -0.379 e. The number of nitro benzene ring substituents is 1. The van der Waals surface area contributed by atoms with Crippen LogP contribution in [0.1, 0.15) is 10.4 Å². The van der Waals surface area contributed by atoms with Gasteiger partial charge in [0.25, 0.3) is 11.6 Å². The number of nitrogens with zero attached hydrogens (tertiary/aromatic N) is 1. The Balaban J connectivity index is 2.17. The lowest BCUT2D eigenvalue weighted by Gasteiger charge is -2.16. The molecule has 1 fully saturated rings. The average molecular weight is 261 g/mol. The van der Waals surface area contributed by atoms with Crippen molar-refractivity contribution in [2.45, 2.75) is 0 Å². The molecule has 0 bridgehead atoms. The first-order valence-corrected chi connectivity index (χ1v) is 5.60. The second-order valence-electron chi connectivity index (χ2n) is 3.91. The number of ketones is 1. The van der Waals surface area contributed by atoms with E-state index in [4.69, 9.17) is 0 Å². The lowest BCUT2D eigenvalue weighted by molar-refractivity contribution is -0.384. The molecule has 1 aromatic rings. The minimum atomic E-state index is -0.539. The van der Waals surface area contributed by atoms with Crippen LogP contribution < -0.4 is 10.6 Å². The van der Waals surface area contributed by atoms with E-state index in [0.29, 0.717) is 18.7 Å². The van der Waals surface area contributed by atoms with E-state index in [9.17, 15) is 19.7 Å². The number of carbonyl (C=O) groups is 2. The van der Waals surface area contributed by atoms with E-state index in [2.05, 4.69) is 10.6 Å². The molecule has 0 aliphatic carbocycles. The van der Waals surface area contributed by atoms with Crippen LogP contribution in [0.3, 0.4) is 0 Å². The molecule has 2 rings (SSSR count). The number of nitro groups is 1. The van der Waals surface area contributed by atoms with E-state index < -0.39 is 4.92 Å². The largest absolute Gasteiger partial charge is 0.379 e. The SMILES string of the molecule is O=C1NCCN/C1=C\C(=O)c1ccc([N+](=O)[O-])cc1. The van der Waals surface area contributed by atoms with E-state index in [1.165, 1.54) is 30.3 Å². The number of amides is 1. The molecule has 1 aromatic carbocycles. The van der Waals surface area contributed by atoms with Crippen LogP contribution in [0, 0.1) is 10.1 Å². The first-order valence-electron chi connectivity index (χ1n) is 5.60. The van der Waals surface area contributed by atoms with Gasteiger partial charge in [0.15, 0.2) is 5.78 Å². The predicted molar refractivity (Wildman–Crippen MR) is 66.5 cm³/mol. The van der Waals surface area contributed by atoms with E-state index >= 15 is 0 Å². The Morgan fingerprint density at radius 2 is 1.84 bits per heavy atom. The number of nitrogens with one attached hydrogen (secondary N) is 2. The highest BCUT2D eigenvalue weighted by atomic mass is 16.6. The summed E-state index contributed by atoms with van der Waals surface area (Å²) in [6.07, 6.45) is 1.19. The van der Waals surface area contributed by atoms with Crippen LogP contribution in [0.15, 0.2) is 36.0 Å². The lowest BCUT2D eigenvalue weighted by atomic mass is 10.1. The Kier molecular flexibility index (Phi) is 3.56. The summed E-state index contributed by atoms with van der Waals surface area (Å²) < 4.78 is 0. The number of hydrogen-bond acceptors (Lipinski definition) is 5. The van der Waals surface area contributed by atoms with Gasteiger partial charge >= 0.3 is 0 Å². The molecule has 7 nitrogen and oxygen atoms in total. The molecule has 0 unspecified atom stereocenters. The minimum absolute atomic E-state index is 0.0854. The standard InChI is InChI=1S/C12H11N3O4/c16-11(7-10-12(17)14-6-5-13-10)8-1-3-9(4-2-8)15(18)19/h1-4,7,13H,5-6H2,(H,14,17)/b10-7-. The monoisotopic (exact) mass is 261 g/mol. The van der Waals surface area contributed by atoms with E-state index in [1.54, 1.807) is 0 Å². The Morgan fingerprint density at radius 1 is 1.21 bits per heavy atom. The molecule has 1 heterocycles. The maximum absolute atomic E-state index is 11.9. The van der Waals surface area contributed by atoms with Crippen molar-refractivity contribution < 1.29 is 14.5 Å². The molecule has 98 valence electrons. The second kappa shape index (κ2) is 5.30.